The zero-order chi connectivity index (χ0) is 17.9. The van der Waals surface area contributed by atoms with Crippen molar-refractivity contribution in [3.63, 3.8) is 0 Å². The van der Waals surface area contributed by atoms with Gasteiger partial charge in [0.1, 0.15) is 5.82 Å². The number of pyridine rings is 2. The maximum absolute atomic E-state index is 12.0. The summed E-state index contributed by atoms with van der Waals surface area (Å²) in [7, 11) is 0. The van der Waals surface area contributed by atoms with Gasteiger partial charge in [0, 0.05) is 54.7 Å². The number of rotatable bonds is 4. The molecule has 1 aliphatic rings. The highest BCUT2D eigenvalue weighted by Crippen LogP contribution is 2.22. The average Bonchev–Trinajstić information content (AvgIpc) is 2.69. The Balaban J connectivity index is 1.57. The van der Waals surface area contributed by atoms with E-state index in [1.165, 1.54) is 5.69 Å². The summed E-state index contributed by atoms with van der Waals surface area (Å²) in [5.74, 6) is 0.726. The lowest BCUT2D eigenvalue weighted by Crippen LogP contribution is -2.36. The van der Waals surface area contributed by atoms with E-state index in [9.17, 15) is 4.79 Å². The molecule has 3 aromatic rings. The van der Waals surface area contributed by atoms with Crippen molar-refractivity contribution in [3.05, 3.63) is 59.0 Å². The molecule has 0 spiro atoms. The fourth-order valence-electron chi connectivity index (χ4n) is 3.31. The molecule has 1 saturated heterocycles. The SMILES string of the molecule is CCn1c(=O)ccc2cnc(Nc3ccc(N4CCOCC4)cc3)cc21. The van der Waals surface area contributed by atoms with Gasteiger partial charge in [0.15, 0.2) is 0 Å². The topological polar surface area (TPSA) is 59.4 Å². The maximum atomic E-state index is 12.0. The monoisotopic (exact) mass is 350 g/mol. The Kier molecular flexibility index (Phi) is 4.58. The van der Waals surface area contributed by atoms with Crippen LogP contribution in [0.25, 0.3) is 10.9 Å². The van der Waals surface area contributed by atoms with Gasteiger partial charge in [-0.1, -0.05) is 0 Å². The molecule has 1 N–H and O–H groups in total. The Hall–Kier alpha value is -2.86. The minimum absolute atomic E-state index is 0.00649. The molecule has 1 aliphatic heterocycles. The van der Waals surface area contributed by atoms with Gasteiger partial charge < -0.3 is 19.5 Å². The maximum Gasteiger partial charge on any atom is 0.251 e. The molecule has 0 radical (unpaired) electrons. The zero-order valence-electron chi connectivity index (χ0n) is 14.8. The van der Waals surface area contributed by atoms with Gasteiger partial charge in [-0.15, -0.1) is 0 Å². The van der Waals surface area contributed by atoms with Crippen LogP contribution >= 0.6 is 0 Å². The lowest BCUT2D eigenvalue weighted by Gasteiger charge is -2.28. The molecule has 0 atom stereocenters. The summed E-state index contributed by atoms with van der Waals surface area (Å²) in [5.41, 5.74) is 3.06. The Bertz CT molecular complexity index is 960. The van der Waals surface area contributed by atoms with Crippen LogP contribution in [0.5, 0.6) is 0 Å². The van der Waals surface area contributed by atoms with E-state index in [1.807, 2.05) is 19.1 Å². The van der Waals surface area contributed by atoms with Crippen LogP contribution in [0.1, 0.15) is 6.92 Å². The molecule has 1 fully saturated rings. The molecule has 0 unspecified atom stereocenters. The van der Waals surface area contributed by atoms with Crippen LogP contribution in [-0.4, -0.2) is 35.9 Å². The summed E-state index contributed by atoms with van der Waals surface area (Å²) in [5, 5.41) is 4.29. The van der Waals surface area contributed by atoms with E-state index in [2.05, 4.69) is 39.5 Å². The molecule has 26 heavy (non-hydrogen) atoms. The van der Waals surface area contributed by atoms with E-state index >= 15 is 0 Å². The Morgan fingerprint density at radius 3 is 2.62 bits per heavy atom. The lowest BCUT2D eigenvalue weighted by atomic mass is 10.2. The van der Waals surface area contributed by atoms with Crippen LogP contribution in [0.3, 0.4) is 0 Å². The van der Waals surface area contributed by atoms with Crippen molar-refractivity contribution in [3.8, 4) is 0 Å². The van der Waals surface area contributed by atoms with Crippen molar-refractivity contribution in [1.82, 2.24) is 9.55 Å². The predicted molar refractivity (Wildman–Crippen MR) is 104 cm³/mol. The van der Waals surface area contributed by atoms with Crippen LogP contribution in [0.15, 0.2) is 53.5 Å². The molecule has 134 valence electrons. The number of aromatic nitrogens is 2. The van der Waals surface area contributed by atoms with Crippen molar-refractivity contribution in [1.29, 1.82) is 0 Å². The molecule has 0 saturated carbocycles. The van der Waals surface area contributed by atoms with E-state index in [0.29, 0.717) is 6.54 Å². The Morgan fingerprint density at radius 2 is 1.88 bits per heavy atom. The van der Waals surface area contributed by atoms with Gasteiger partial charge in [0.25, 0.3) is 5.56 Å². The summed E-state index contributed by atoms with van der Waals surface area (Å²) >= 11 is 0. The number of benzene rings is 1. The van der Waals surface area contributed by atoms with Gasteiger partial charge in [-0.2, -0.15) is 0 Å². The zero-order valence-corrected chi connectivity index (χ0v) is 14.8. The summed E-state index contributed by atoms with van der Waals surface area (Å²) in [6.45, 7) is 6.01. The number of hydrogen-bond acceptors (Lipinski definition) is 5. The molecule has 6 heteroatoms. The second-order valence-corrected chi connectivity index (χ2v) is 6.32. The predicted octanol–water partition coefficient (Wildman–Crippen LogP) is 3.00. The first-order valence-corrected chi connectivity index (χ1v) is 8.94. The van der Waals surface area contributed by atoms with E-state index in [0.717, 1.165) is 48.7 Å². The minimum atomic E-state index is 0.00649. The van der Waals surface area contributed by atoms with E-state index < -0.39 is 0 Å². The smallest absolute Gasteiger partial charge is 0.251 e. The number of ether oxygens (including phenoxy) is 1. The van der Waals surface area contributed by atoms with E-state index in [4.69, 9.17) is 4.74 Å². The van der Waals surface area contributed by atoms with Crippen LogP contribution in [0, 0.1) is 0 Å². The molecule has 0 amide bonds. The summed E-state index contributed by atoms with van der Waals surface area (Å²) in [4.78, 5) is 18.8. The first kappa shape index (κ1) is 16.6. The first-order valence-electron chi connectivity index (χ1n) is 8.94. The Morgan fingerprint density at radius 1 is 1.12 bits per heavy atom. The standard InChI is InChI=1S/C20H22N4O2/c1-2-24-18-13-19(21-14-15(18)3-8-20(24)25)22-16-4-6-17(7-5-16)23-9-11-26-12-10-23/h3-8,13-14H,2,9-12H2,1H3,(H,21,22). The second kappa shape index (κ2) is 7.17. The van der Waals surface area contributed by atoms with Crippen LogP contribution in [-0.2, 0) is 11.3 Å². The highest BCUT2D eigenvalue weighted by molar-refractivity contribution is 5.81. The minimum Gasteiger partial charge on any atom is -0.378 e. The first-order chi connectivity index (χ1) is 12.7. The number of anilines is 3. The van der Waals surface area contributed by atoms with Gasteiger partial charge in [-0.05, 0) is 37.3 Å². The van der Waals surface area contributed by atoms with Crippen LogP contribution in [0.4, 0.5) is 17.2 Å². The van der Waals surface area contributed by atoms with Crippen molar-refractivity contribution >= 4 is 28.1 Å². The molecule has 0 aliphatic carbocycles. The number of nitrogens with one attached hydrogen (secondary N) is 1. The van der Waals surface area contributed by atoms with Crippen LogP contribution < -0.4 is 15.8 Å². The second-order valence-electron chi connectivity index (χ2n) is 6.32. The molecular weight excluding hydrogens is 328 g/mol. The van der Waals surface area contributed by atoms with E-state index in [1.54, 1.807) is 16.8 Å². The molecular formula is C20H22N4O2. The number of fused-ring (bicyclic) bond motifs is 1. The number of morpholine rings is 1. The van der Waals surface area contributed by atoms with Crippen molar-refractivity contribution in [2.75, 3.05) is 36.5 Å². The average molecular weight is 350 g/mol. The number of nitrogens with zero attached hydrogens (tertiary/aromatic N) is 3. The van der Waals surface area contributed by atoms with Gasteiger partial charge in [0.05, 0.1) is 18.7 Å². The van der Waals surface area contributed by atoms with Gasteiger partial charge >= 0.3 is 0 Å². The molecule has 6 nitrogen and oxygen atoms in total. The molecule has 2 aromatic heterocycles. The lowest BCUT2D eigenvalue weighted by molar-refractivity contribution is 0.122. The third-order valence-corrected chi connectivity index (χ3v) is 4.71. The van der Waals surface area contributed by atoms with Crippen molar-refractivity contribution < 1.29 is 4.74 Å². The van der Waals surface area contributed by atoms with E-state index in [-0.39, 0.29) is 5.56 Å². The van der Waals surface area contributed by atoms with Crippen molar-refractivity contribution in [2.45, 2.75) is 13.5 Å². The highest BCUT2D eigenvalue weighted by Gasteiger charge is 2.11. The number of aryl methyl sites for hydroxylation is 1. The third kappa shape index (κ3) is 3.28. The highest BCUT2D eigenvalue weighted by atomic mass is 16.5. The van der Waals surface area contributed by atoms with Crippen molar-refractivity contribution in [2.24, 2.45) is 0 Å². The van der Waals surface area contributed by atoms with Crippen LogP contribution in [0.2, 0.25) is 0 Å². The summed E-state index contributed by atoms with van der Waals surface area (Å²) in [6.07, 6.45) is 1.80. The molecule has 1 aromatic carbocycles. The quantitative estimate of drug-likeness (QED) is 0.784. The third-order valence-electron chi connectivity index (χ3n) is 4.71. The Labute approximate surface area is 152 Å². The fraction of sp³-hybridized carbons (Fsp3) is 0.300. The van der Waals surface area contributed by atoms with Gasteiger partial charge in [0.2, 0.25) is 0 Å². The molecule has 3 heterocycles. The molecule has 0 bridgehead atoms. The normalized spacial score (nSPS) is 14.6. The largest absolute Gasteiger partial charge is 0.378 e. The van der Waals surface area contributed by atoms with Gasteiger partial charge in [-0.3, -0.25) is 4.79 Å². The van der Waals surface area contributed by atoms with Gasteiger partial charge in [-0.25, -0.2) is 4.98 Å². The summed E-state index contributed by atoms with van der Waals surface area (Å²) in [6, 6.07) is 13.6. The number of hydrogen-bond donors (Lipinski definition) is 1. The summed E-state index contributed by atoms with van der Waals surface area (Å²) < 4.78 is 7.15. The molecule has 4 rings (SSSR count). The fourth-order valence-corrected chi connectivity index (χ4v) is 3.31.